The molecule has 0 aliphatic rings. The van der Waals surface area contributed by atoms with Gasteiger partial charge in [-0.1, -0.05) is 152 Å². The van der Waals surface area contributed by atoms with Gasteiger partial charge in [0.25, 0.3) is 0 Å². The molecule has 8 nitrogen and oxygen atoms in total. The molecule has 9 heteroatoms. The smallest absolute Gasteiger partial charge is 0.457 e. The van der Waals surface area contributed by atoms with Crippen LogP contribution in [0.4, 0.5) is 0 Å². The van der Waals surface area contributed by atoms with E-state index in [0.717, 1.165) is 70.6 Å². The lowest BCUT2D eigenvalue weighted by atomic mass is 10.1. The van der Waals surface area contributed by atoms with Crippen LogP contribution in [-0.4, -0.2) is 49.9 Å². The summed E-state index contributed by atoms with van der Waals surface area (Å²) in [5.74, 6) is -0.345. The fourth-order valence-corrected chi connectivity index (χ4v) is 5.93. The van der Waals surface area contributed by atoms with Gasteiger partial charge in [-0.05, 0) is 51.4 Å². The number of rotatable bonds is 37. The molecule has 2 atom stereocenters. The molecule has 0 spiro atoms. The Morgan fingerprint density at radius 3 is 1.71 bits per heavy atom. The van der Waals surface area contributed by atoms with Gasteiger partial charge in [-0.25, -0.2) is 4.57 Å². The first kappa shape index (κ1) is 47.5. The molecule has 49 heavy (non-hydrogen) atoms. The number of phosphoric ester groups is 1. The van der Waals surface area contributed by atoms with Crippen LogP contribution in [0.5, 0.6) is 0 Å². The highest BCUT2D eigenvalue weighted by atomic mass is 31.2. The molecule has 0 aromatic carbocycles. The molecule has 0 aliphatic carbocycles. The van der Waals surface area contributed by atoms with E-state index >= 15 is 0 Å². The van der Waals surface area contributed by atoms with E-state index in [1.165, 1.54) is 70.6 Å². The summed E-state index contributed by atoms with van der Waals surface area (Å²) < 4.78 is 33.3. The van der Waals surface area contributed by atoms with Crippen LogP contribution in [0.1, 0.15) is 162 Å². The Bertz CT molecular complexity index is 890. The minimum absolute atomic E-state index is 0.0969. The summed E-state index contributed by atoms with van der Waals surface area (Å²) in [6.07, 6.45) is 42.6. The van der Waals surface area contributed by atoms with Crippen LogP contribution in [0.25, 0.3) is 0 Å². The highest BCUT2D eigenvalue weighted by Gasteiger charge is 2.25. The number of carbonyl (C=O) groups is 1. The molecule has 2 unspecified atom stereocenters. The third-order valence-corrected chi connectivity index (χ3v) is 8.99. The molecule has 286 valence electrons. The Balaban J connectivity index is 4.09. The first-order chi connectivity index (χ1) is 23.9. The molecule has 0 saturated heterocycles. The lowest BCUT2D eigenvalue weighted by molar-refractivity contribution is -0.154. The van der Waals surface area contributed by atoms with Gasteiger partial charge < -0.3 is 20.1 Å². The zero-order chi connectivity index (χ0) is 35.9. The maximum Gasteiger partial charge on any atom is 0.472 e. The molecule has 3 N–H and O–H groups in total. The third-order valence-electron chi connectivity index (χ3n) is 8.01. The second-order valence-electron chi connectivity index (χ2n) is 12.8. The number of nitrogens with two attached hydrogens (primary N) is 1. The van der Waals surface area contributed by atoms with Gasteiger partial charge in [0.15, 0.2) is 0 Å². The minimum atomic E-state index is -4.27. The van der Waals surface area contributed by atoms with E-state index in [4.69, 9.17) is 24.3 Å². The zero-order valence-corrected chi connectivity index (χ0v) is 32.3. The number of phosphoric acid groups is 1. The topological polar surface area (TPSA) is 117 Å². The van der Waals surface area contributed by atoms with Crippen molar-refractivity contribution >= 4 is 13.8 Å². The number of carbonyl (C=O) groups excluding carboxylic acids is 1. The van der Waals surface area contributed by atoms with Crippen molar-refractivity contribution in [2.45, 2.75) is 168 Å². The third kappa shape index (κ3) is 37.5. The van der Waals surface area contributed by atoms with Gasteiger partial charge in [0.05, 0.1) is 19.8 Å². The molecule has 0 radical (unpaired) electrons. The first-order valence-electron chi connectivity index (χ1n) is 19.6. The second kappa shape index (κ2) is 37.7. The summed E-state index contributed by atoms with van der Waals surface area (Å²) in [6, 6.07) is 0. The van der Waals surface area contributed by atoms with Crippen molar-refractivity contribution in [3.63, 3.8) is 0 Å². The predicted octanol–water partition coefficient (Wildman–Crippen LogP) is 11.2. The van der Waals surface area contributed by atoms with Crippen LogP contribution in [0.15, 0.2) is 48.6 Å². The van der Waals surface area contributed by atoms with Gasteiger partial charge in [0, 0.05) is 19.6 Å². The van der Waals surface area contributed by atoms with Gasteiger partial charge in [0.2, 0.25) is 0 Å². The van der Waals surface area contributed by atoms with E-state index in [-0.39, 0.29) is 32.3 Å². The molecule has 0 saturated carbocycles. The van der Waals surface area contributed by atoms with Crippen molar-refractivity contribution in [2.75, 3.05) is 33.0 Å². The number of hydrogen-bond acceptors (Lipinski definition) is 7. The second-order valence-corrected chi connectivity index (χ2v) is 14.2. The van der Waals surface area contributed by atoms with E-state index in [9.17, 15) is 14.3 Å². The van der Waals surface area contributed by atoms with Gasteiger partial charge in [-0.2, -0.15) is 0 Å². The van der Waals surface area contributed by atoms with Gasteiger partial charge in [0.1, 0.15) is 6.10 Å². The SMILES string of the molecule is CC/C=C\C/C=C\C/C=C\C/C=C\CCCCCCCCC(=O)OC(COCCCCCCCCCCCCC)COP(=O)(O)OCCN. The van der Waals surface area contributed by atoms with Gasteiger partial charge in [-0.15, -0.1) is 0 Å². The lowest BCUT2D eigenvalue weighted by Gasteiger charge is -2.20. The number of allylic oxidation sites excluding steroid dienone is 8. The fourth-order valence-electron chi connectivity index (χ4n) is 5.16. The molecule has 0 fully saturated rings. The normalized spacial score (nSPS) is 14.1. The highest BCUT2D eigenvalue weighted by Crippen LogP contribution is 2.43. The van der Waals surface area contributed by atoms with Crippen LogP contribution >= 0.6 is 7.82 Å². The Kier molecular flexibility index (Phi) is 36.5. The van der Waals surface area contributed by atoms with E-state index in [1.54, 1.807) is 0 Å². The van der Waals surface area contributed by atoms with Crippen molar-refractivity contribution in [3.8, 4) is 0 Å². The van der Waals surface area contributed by atoms with Crippen molar-refractivity contribution in [1.29, 1.82) is 0 Å². The van der Waals surface area contributed by atoms with Crippen LogP contribution in [0.2, 0.25) is 0 Å². The molecular weight excluding hydrogens is 637 g/mol. The Hall–Kier alpha value is -1.54. The summed E-state index contributed by atoms with van der Waals surface area (Å²) in [4.78, 5) is 22.4. The predicted molar refractivity (Wildman–Crippen MR) is 206 cm³/mol. The van der Waals surface area contributed by atoms with E-state index in [0.29, 0.717) is 13.0 Å². The zero-order valence-electron chi connectivity index (χ0n) is 31.4. The molecule has 0 bridgehead atoms. The van der Waals surface area contributed by atoms with Crippen LogP contribution in [-0.2, 0) is 27.9 Å². The summed E-state index contributed by atoms with van der Waals surface area (Å²) in [7, 11) is -4.27. The van der Waals surface area contributed by atoms with Gasteiger partial charge >= 0.3 is 13.8 Å². The summed E-state index contributed by atoms with van der Waals surface area (Å²) in [5, 5.41) is 0. The number of hydrogen-bond donors (Lipinski definition) is 2. The average Bonchev–Trinajstić information content (AvgIpc) is 3.09. The molecule has 0 aromatic heterocycles. The highest BCUT2D eigenvalue weighted by molar-refractivity contribution is 7.47. The standard InChI is InChI=1S/C40H74NO7P/c1-3-5-7-9-11-13-15-16-17-18-19-20-21-22-23-25-27-29-31-33-40(42)48-39(38-47-49(43,44)46-36-34-41)37-45-35-32-30-28-26-24-14-12-10-8-6-4-2/h5,7,11,13,16-17,19-20,39H,3-4,6,8-10,12,14-15,18,21-38,41H2,1-2H3,(H,43,44)/b7-5-,13-11-,17-16-,20-19-. The van der Waals surface area contributed by atoms with Crippen molar-refractivity contribution in [1.82, 2.24) is 0 Å². The molecular formula is C40H74NO7P. The fraction of sp³-hybridized carbons (Fsp3) is 0.775. The van der Waals surface area contributed by atoms with Gasteiger partial charge in [-0.3, -0.25) is 13.8 Å². The molecule has 0 heterocycles. The Morgan fingerprint density at radius 2 is 1.14 bits per heavy atom. The number of unbranched alkanes of at least 4 members (excludes halogenated alkanes) is 16. The summed E-state index contributed by atoms with van der Waals surface area (Å²) in [5.41, 5.74) is 5.35. The number of esters is 1. The summed E-state index contributed by atoms with van der Waals surface area (Å²) >= 11 is 0. The maximum absolute atomic E-state index is 12.5. The summed E-state index contributed by atoms with van der Waals surface area (Å²) in [6.45, 7) is 4.78. The van der Waals surface area contributed by atoms with Crippen molar-refractivity contribution in [2.24, 2.45) is 5.73 Å². The molecule has 0 aromatic rings. The van der Waals surface area contributed by atoms with Crippen LogP contribution in [0, 0.1) is 0 Å². The van der Waals surface area contributed by atoms with Crippen LogP contribution in [0.3, 0.4) is 0 Å². The first-order valence-corrected chi connectivity index (χ1v) is 21.1. The van der Waals surface area contributed by atoms with Crippen molar-refractivity contribution in [3.05, 3.63) is 48.6 Å². The van der Waals surface area contributed by atoms with Crippen LogP contribution < -0.4 is 5.73 Å². The minimum Gasteiger partial charge on any atom is -0.457 e. The average molecular weight is 712 g/mol. The molecule has 0 amide bonds. The monoisotopic (exact) mass is 712 g/mol. The Labute approximate surface area is 301 Å². The molecule has 0 aliphatic heterocycles. The Morgan fingerprint density at radius 1 is 0.633 bits per heavy atom. The van der Waals surface area contributed by atoms with E-state index in [2.05, 4.69) is 62.5 Å². The maximum atomic E-state index is 12.5. The largest absolute Gasteiger partial charge is 0.472 e. The van der Waals surface area contributed by atoms with E-state index < -0.39 is 13.9 Å². The lowest BCUT2D eigenvalue weighted by Crippen LogP contribution is -2.28. The van der Waals surface area contributed by atoms with Crippen molar-refractivity contribution < 1.29 is 32.8 Å². The number of ether oxygens (including phenoxy) is 2. The molecule has 0 rings (SSSR count). The quantitative estimate of drug-likeness (QED) is 0.0283. The van der Waals surface area contributed by atoms with E-state index in [1.807, 2.05) is 0 Å².